The summed E-state index contributed by atoms with van der Waals surface area (Å²) in [6.07, 6.45) is 11.0. The predicted molar refractivity (Wildman–Crippen MR) is 117 cm³/mol. The Balaban J connectivity index is 1.51. The Morgan fingerprint density at radius 3 is 2.10 bits per heavy atom. The molecule has 4 unspecified atom stereocenters. The quantitative estimate of drug-likeness (QED) is 0.329. The summed E-state index contributed by atoms with van der Waals surface area (Å²) in [5, 5.41) is 0. The van der Waals surface area contributed by atoms with E-state index in [4.69, 9.17) is 0 Å². The summed E-state index contributed by atoms with van der Waals surface area (Å²) >= 11 is 0. The van der Waals surface area contributed by atoms with Crippen molar-refractivity contribution in [3.05, 3.63) is 71.3 Å². The maximum atomic E-state index is 14.9. The normalized spacial score (nSPS) is 25.8. The molecule has 0 N–H and O–H groups in total. The highest BCUT2D eigenvalue weighted by Gasteiger charge is 2.36. The standard InChI is InChI=1S/C27H30F4/c1-3-4-5-17-6-7-19-11-20(9-8-18(19)10-17)21-12-25(30)27(26(31)13-21)22-14-23(28)16(2)24(29)15-22/h3,12-15,17-20H,1,4-11H2,2H3. The second kappa shape index (κ2) is 9.18. The van der Waals surface area contributed by atoms with Gasteiger partial charge in [-0.15, -0.1) is 6.58 Å². The minimum atomic E-state index is -0.806. The zero-order valence-electron chi connectivity index (χ0n) is 18.1. The van der Waals surface area contributed by atoms with Crippen molar-refractivity contribution in [1.29, 1.82) is 0 Å². The highest BCUT2D eigenvalue weighted by molar-refractivity contribution is 5.66. The second-order valence-corrected chi connectivity index (χ2v) is 9.50. The van der Waals surface area contributed by atoms with Gasteiger partial charge in [0.1, 0.15) is 23.3 Å². The fraction of sp³-hybridized carbons (Fsp3) is 0.481. The monoisotopic (exact) mass is 430 g/mol. The molecule has 0 spiro atoms. The van der Waals surface area contributed by atoms with E-state index in [0.29, 0.717) is 17.4 Å². The lowest BCUT2D eigenvalue weighted by Gasteiger charge is -2.42. The number of rotatable bonds is 5. The zero-order chi connectivity index (χ0) is 22.1. The van der Waals surface area contributed by atoms with Crippen LogP contribution in [0.25, 0.3) is 11.1 Å². The molecule has 31 heavy (non-hydrogen) atoms. The second-order valence-electron chi connectivity index (χ2n) is 9.50. The molecule has 166 valence electrons. The summed E-state index contributed by atoms with van der Waals surface area (Å²) in [7, 11) is 0. The number of halogens is 4. The van der Waals surface area contributed by atoms with Crippen LogP contribution in [0.2, 0.25) is 0 Å². The van der Waals surface area contributed by atoms with Crippen LogP contribution >= 0.6 is 0 Å². The Labute approximate surface area is 182 Å². The average Bonchev–Trinajstić information content (AvgIpc) is 2.75. The molecular weight excluding hydrogens is 400 g/mol. The van der Waals surface area contributed by atoms with E-state index in [-0.39, 0.29) is 22.6 Å². The van der Waals surface area contributed by atoms with Crippen LogP contribution in [0.3, 0.4) is 0 Å². The molecule has 4 atom stereocenters. The van der Waals surface area contributed by atoms with E-state index >= 15 is 0 Å². The van der Waals surface area contributed by atoms with Crippen LogP contribution < -0.4 is 0 Å². The molecular formula is C27H30F4. The van der Waals surface area contributed by atoms with Crippen LogP contribution in [0, 0.1) is 47.9 Å². The van der Waals surface area contributed by atoms with Crippen LogP contribution in [-0.2, 0) is 0 Å². The highest BCUT2D eigenvalue weighted by atomic mass is 19.1. The summed E-state index contributed by atoms with van der Waals surface area (Å²) < 4.78 is 57.7. The summed E-state index contributed by atoms with van der Waals surface area (Å²) in [6, 6.07) is 4.73. The van der Waals surface area contributed by atoms with Crippen molar-refractivity contribution in [2.24, 2.45) is 17.8 Å². The lowest BCUT2D eigenvalue weighted by molar-refractivity contribution is 0.115. The lowest BCUT2D eigenvalue weighted by Crippen LogP contribution is -2.30. The van der Waals surface area contributed by atoms with Gasteiger partial charge in [-0.1, -0.05) is 12.5 Å². The smallest absolute Gasteiger partial charge is 0.134 e. The van der Waals surface area contributed by atoms with E-state index in [2.05, 4.69) is 6.58 Å². The summed E-state index contributed by atoms with van der Waals surface area (Å²) in [5.41, 5.74) is 0.0397. The van der Waals surface area contributed by atoms with E-state index in [1.165, 1.54) is 44.7 Å². The van der Waals surface area contributed by atoms with Gasteiger partial charge in [0.15, 0.2) is 0 Å². The van der Waals surface area contributed by atoms with Crippen LogP contribution in [0.1, 0.15) is 68.4 Å². The first-order valence-corrected chi connectivity index (χ1v) is 11.4. The number of hydrogen-bond acceptors (Lipinski definition) is 0. The average molecular weight is 431 g/mol. The number of fused-ring (bicyclic) bond motifs is 1. The Morgan fingerprint density at radius 2 is 1.45 bits per heavy atom. The third kappa shape index (κ3) is 4.58. The van der Waals surface area contributed by atoms with Gasteiger partial charge in [-0.2, -0.15) is 0 Å². The van der Waals surface area contributed by atoms with Gasteiger partial charge in [-0.05, 0) is 111 Å². The first-order valence-electron chi connectivity index (χ1n) is 11.4. The zero-order valence-corrected chi connectivity index (χ0v) is 18.1. The van der Waals surface area contributed by atoms with Gasteiger partial charge in [-0.25, -0.2) is 17.6 Å². The van der Waals surface area contributed by atoms with Gasteiger partial charge in [0.05, 0.1) is 5.56 Å². The van der Waals surface area contributed by atoms with E-state index in [9.17, 15) is 17.6 Å². The van der Waals surface area contributed by atoms with Gasteiger partial charge in [0.2, 0.25) is 0 Å². The molecule has 4 rings (SSSR count). The Bertz CT molecular complexity index is 918. The molecule has 0 bridgehead atoms. The molecule has 0 aliphatic heterocycles. The Kier molecular flexibility index (Phi) is 6.55. The fourth-order valence-electron chi connectivity index (χ4n) is 5.80. The van der Waals surface area contributed by atoms with Gasteiger partial charge in [0, 0.05) is 5.56 Å². The molecule has 4 heteroatoms. The molecule has 2 saturated carbocycles. The van der Waals surface area contributed by atoms with Gasteiger partial charge in [0.25, 0.3) is 0 Å². The van der Waals surface area contributed by atoms with E-state index in [1.807, 2.05) is 6.08 Å². The Morgan fingerprint density at radius 1 is 0.839 bits per heavy atom. The van der Waals surface area contributed by atoms with Crippen molar-refractivity contribution in [2.45, 2.75) is 64.2 Å². The van der Waals surface area contributed by atoms with Gasteiger partial charge in [-0.3, -0.25) is 0 Å². The van der Waals surface area contributed by atoms with Crippen LogP contribution in [-0.4, -0.2) is 0 Å². The number of hydrogen-bond donors (Lipinski definition) is 0. The third-order valence-corrected chi connectivity index (χ3v) is 7.61. The largest absolute Gasteiger partial charge is 0.207 e. The highest BCUT2D eigenvalue weighted by Crippen LogP contribution is 2.48. The minimum absolute atomic E-state index is 0.108. The molecule has 0 radical (unpaired) electrons. The molecule has 0 aromatic heterocycles. The molecule has 0 heterocycles. The molecule has 0 nitrogen and oxygen atoms in total. The molecule has 0 saturated heterocycles. The fourth-order valence-corrected chi connectivity index (χ4v) is 5.80. The van der Waals surface area contributed by atoms with E-state index < -0.39 is 23.3 Å². The SMILES string of the molecule is C=CCCC1CCC2CC(c3cc(F)c(-c4cc(F)c(C)c(F)c4)c(F)c3)CCC2C1. The van der Waals surface area contributed by atoms with Gasteiger partial charge >= 0.3 is 0 Å². The molecule has 2 aromatic carbocycles. The van der Waals surface area contributed by atoms with Crippen LogP contribution in [0.5, 0.6) is 0 Å². The maximum Gasteiger partial charge on any atom is 0.134 e. The molecule has 0 amide bonds. The first kappa shape index (κ1) is 22.1. The maximum absolute atomic E-state index is 14.9. The minimum Gasteiger partial charge on any atom is -0.207 e. The lowest BCUT2D eigenvalue weighted by atomic mass is 9.63. The summed E-state index contributed by atoms with van der Waals surface area (Å²) in [4.78, 5) is 0. The molecule has 2 fully saturated rings. The van der Waals surface area contributed by atoms with Crippen molar-refractivity contribution in [3.8, 4) is 11.1 Å². The summed E-state index contributed by atoms with van der Waals surface area (Å²) in [6.45, 7) is 5.12. The van der Waals surface area contributed by atoms with Gasteiger partial charge < -0.3 is 0 Å². The van der Waals surface area contributed by atoms with Crippen LogP contribution in [0.4, 0.5) is 17.6 Å². The van der Waals surface area contributed by atoms with Crippen molar-refractivity contribution in [1.82, 2.24) is 0 Å². The first-order chi connectivity index (χ1) is 14.9. The van der Waals surface area contributed by atoms with Crippen molar-refractivity contribution in [2.75, 3.05) is 0 Å². The molecule has 2 aromatic rings. The summed E-state index contributed by atoms with van der Waals surface area (Å²) in [5.74, 6) is -0.881. The third-order valence-electron chi connectivity index (χ3n) is 7.61. The molecule has 2 aliphatic rings. The van der Waals surface area contributed by atoms with E-state index in [0.717, 1.165) is 43.7 Å². The van der Waals surface area contributed by atoms with Crippen molar-refractivity contribution < 1.29 is 17.6 Å². The topological polar surface area (TPSA) is 0 Å². The van der Waals surface area contributed by atoms with Crippen molar-refractivity contribution in [3.63, 3.8) is 0 Å². The van der Waals surface area contributed by atoms with Crippen molar-refractivity contribution >= 4 is 0 Å². The van der Waals surface area contributed by atoms with E-state index in [1.54, 1.807) is 0 Å². The van der Waals surface area contributed by atoms with Crippen LogP contribution in [0.15, 0.2) is 36.9 Å². The predicted octanol–water partition coefficient (Wildman–Crippen LogP) is 8.48. The number of allylic oxidation sites excluding steroid dienone is 1. The number of benzene rings is 2. The molecule has 2 aliphatic carbocycles. The Hall–Kier alpha value is -2.10.